The van der Waals surface area contributed by atoms with Crippen LogP contribution in [-0.4, -0.2) is 92.8 Å². The first-order valence-electron chi connectivity index (χ1n) is 14.2. The predicted molar refractivity (Wildman–Crippen MR) is 146 cm³/mol. The number of carbonyl (C=O) groups excluding carboxylic acids is 3. The molecule has 3 aliphatic carbocycles. The van der Waals surface area contributed by atoms with Gasteiger partial charge in [0.05, 0.1) is 41.3 Å². The molecule has 2 unspecified atom stereocenters. The van der Waals surface area contributed by atoms with E-state index in [-0.39, 0.29) is 30.6 Å². The van der Waals surface area contributed by atoms with Crippen LogP contribution in [-0.2, 0) is 28.5 Å². The molecule has 4 N–H and O–H groups in total. The molecule has 0 bridgehead atoms. The van der Waals surface area contributed by atoms with Crippen LogP contribution < -0.4 is 0 Å². The van der Waals surface area contributed by atoms with E-state index < -0.39 is 82.5 Å². The van der Waals surface area contributed by atoms with E-state index in [4.69, 9.17) is 18.9 Å². The average molecular weight is 589 g/mol. The van der Waals surface area contributed by atoms with Gasteiger partial charge in [-0.3, -0.25) is 9.59 Å². The Labute approximate surface area is 244 Å². The highest BCUT2D eigenvalue weighted by Gasteiger charge is 2.79. The van der Waals surface area contributed by atoms with Gasteiger partial charge >= 0.3 is 17.9 Å². The molecule has 3 fully saturated rings. The Morgan fingerprint density at radius 2 is 1.67 bits per heavy atom. The van der Waals surface area contributed by atoms with Gasteiger partial charge in [0.1, 0.15) is 18.3 Å². The number of ether oxygens (including phenoxy) is 4. The number of hydrogen-bond acceptors (Lipinski definition) is 11. The largest absolute Gasteiger partial charge is 0.461 e. The van der Waals surface area contributed by atoms with E-state index in [0.29, 0.717) is 5.57 Å². The van der Waals surface area contributed by atoms with Gasteiger partial charge in [0.15, 0.2) is 11.7 Å². The maximum Gasteiger partial charge on any atom is 0.338 e. The number of esters is 3. The van der Waals surface area contributed by atoms with Crippen molar-refractivity contribution in [2.45, 2.75) is 102 Å². The minimum Gasteiger partial charge on any atom is -0.461 e. The highest BCUT2D eigenvalue weighted by Crippen LogP contribution is 2.68. The van der Waals surface area contributed by atoms with Crippen LogP contribution in [0.3, 0.4) is 0 Å². The van der Waals surface area contributed by atoms with Crippen LogP contribution >= 0.6 is 0 Å². The summed E-state index contributed by atoms with van der Waals surface area (Å²) < 4.78 is 23.9. The molecule has 1 aromatic rings. The van der Waals surface area contributed by atoms with E-state index >= 15 is 0 Å². The summed E-state index contributed by atoms with van der Waals surface area (Å²) in [5, 5.41) is 47.4. The van der Waals surface area contributed by atoms with Gasteiger partial charge in [-0.15, -0.1) is 0 Å². The molecule has 2 saturated carbocycles. The molecule has 0 aromatic heterocycles. The zero-order valence-corrected chi connectivity index (χ0v) is 24.7. The third-order valence-corrected chi connectivity index (χ3v) is 10.3. The Kier molecular flexibility index (Phi) is 7.38. The van der Waals surface area contributed by atoms with Crippen LogP contribution in [0, 0.1) is 16.7 Å². The fourth-order valence-electron chi connectivity index (χ4n) is 8.27. The number of aliphatic hydroxyl groups excluding tert-OH is 3. The van der Waals surface area contributed by atoms with Crippen LogP contribution in [0.2, 0.25) is 0 Å². The number of fused-ring (bicyclic) bond motifs is 4. The van der Waals surface area contributed by atoms with Crippen LogP contribution in [0.5, 0.6) is 0 Å². The number of benzene rings is 1. The molecule has 0 amide bonds. The van der Waals surface area contributed by atoms with Crippen LogP contribution in [0.1, 0.15) is 64.7 Å². The lowest BCUT2D eigenvalue weighted by atomic mass is 9.49. The van der Waals surface area contributed by atoms with Gasteiger partial charge in [-0.05, 0) is 50.5 Å². The van der Waals surface area contributed by atoms with Gasteiger partial charge in [0.2, 0.25) is 0 Å². The van der Waals surface area contributed by atoms with Crippen molar-refractivity contribution in [3.05, 3.63) is 47.0 Å². The fraction of sp³-hybridized carbons (Fsp3) is 0.645. The lowest BCUT2D eigenvalue weighted by Crippen LogP contribution is -2.78. The van der Waals surface area contributed by atoms with Gasteiger partial charge in [-0.1, -0.05) is 25.1 Å². The monoisotopic (exact) mass is 588 g/mol. The molecule has 5 rings (SSSR count). The van der Waals surface area contributed by atoms with Crippen LogP contribution in [0.15, 0.2) is 41.5 Å². The summed E-state index contributed by atoms with van der Waals surface area (Å²) in [6.45, 7) is 8.48. The fourth-order valence-corrected chi connectivity index (χ4v) is 8.27. The molecule has 0 spiro atoms. The predicted octanol–water partition coefficient (Wildman–Crippen LogP) is 1.44. The number of rotatable bonds is 5. The van der Waals surface area contributed by atoms with Gasteiger partial charge in [0.25, 0.3) is 0 Å². The summed E-state index contributed by atoms with van der Waals surface area (Å²) in [6, 6.07) is 8.14. The molecule has 1 aromatic carbocycles. The highest BCUT2D eigenvalue weighted by atomic mass is 16.6. The summed E-state index contributed by atoms with van der Waals surface area (Å²) >= 11 is 0. The zero-order chi connectivity index (χ0) is 31.0. The molecule has 0 radical (unpaired) electrons. The molecular formula is C31H40O11. The van der Waals surface area contributed by atoms with Gasteiger partial charge in [-0.25, -0.2) is 4.79 Å². The first-order chi connectivity index (χ1) is 19.5. The molecule has 1 heterocycles. The van der Waals surface area contributed by atoms with E-state index in [9.17, 15) is 34.8 Å². The SMILES string of the molecule is CC(=O)OC1C2[C@@](C)([C@@H](O)C[C@H]3OC[C@@]23OC(C)=O)[C@@H](O)[C@H](OC(=O)c2ccccc2)C2=C(C)[C@@H](O)C[C@]21C(C)(C)O. The van der Waals surface area contributed by atoms with Crippen LogP contribution in [0.25, 0.3) is 0 Å². The molecule has 4 aliphatic rings. The summed E-state index contributed by atoms with van der Waals surface area (Å²) in [4.78, 5) is 38.9. The number of aliphatic hydroxyl groups is 4. The van der Waals surface area contributed by atoms with E-state index in [1.54, 1.807) is 44.2 Å². The van der Waals surface area contributed by atoms with Crippen molar-refractivity contribution in [2.75, 3.05) is 6.61 Å². The lowest BCUT2D eigenvalue weighted by molar-refractivity contribution is -0.352. The molecule has 230 valence electrons. The second-order valence-electron chi connectivity index (χ2n) is 13.0. The minimum absolute atomic E-state index is 0.0281. The number of carbonyl (C=O) groups is 3. The Morgan fingerprint density at radius 1 is 1.02 bits per heavy atom. The smallest absolute Gasteiger partial charge is 0.338 e. The maximum atomic E-state index is 13.5. The lowest BCUT2D eigenvalue weighted by Gasteiger charge is -2.65. The van der Waals surface area contributed by atoms with Crippen molar-refractivity contribution in [3.63, 3.8) is 0 Å². The quantitative estimate of drug-likeness (QED) is 0.223. The number of hydrogen-bond donors (Lipinski definition) is 4. The van der Waals surface area contributed by atoms with Crippen molar-refractivity contribution in [1.29, 1.82) is 0 Å². The van der Waals surface area contributed by atoms with Crippen molar-refractivity contribution >= 4 is 17.9 Å². The average Bonchev–Trinajstić information content (AvgIpc) is 3.14. The summed E-state index contributed by atoms with van der Waals surface area (Å²) in [5.74, 6) is -3.31. The van der Waals surface area contributed by atoms with Crippen molar-refractivity contribution in [2.24, 2.45) is 16.7 Å². The standard InChI is InChI=1S/C31H40O11/c1-15-19(34)13-30(28(4,5)38)22(15)23(41-27(37)18-10-8-7-9-11-18)25(36)29(6)20(35)12-21-31(14-39-21,42-17(3)33)24(29)26(30)40-16(2)32/h7-11,19-21,23-26,34-36,38H,12-14H2,1-6H3/t19-,20-,21+,23+,24?,25-,26?,29+,30-,31-/m0/s1. The Morgan fingerprint density at radius 3 is 2.19 bits per heavy atom. The molecule has 1 aliphatic heterocycles. The highest BCUT2D eigenvalue weighted by molar-refractivity contribution is 5.89. The summed E-state index contributed by atoms with van der Waals surface area (Å²) in [7, 11) is 0. The zero-order valence-electron chi connectivity index (χ0n) is 24.7. The third kappa shape index (κ3) is 4.16. The second kappa shape index (κ2) is 10.1. The molecule has 42 heavy (non-hydrogen) atoms. The van der Waals surface area contributed by atoms with E-state index in [1.165, 1.54) is 27.7 Å². The summed E-state index contributed by atoms with van der Waals surface area (Å²) in [6.07, 6.45) is -7.96. The van der Waals surface area contributed by atoms with Crippen molar-refractivity contribution < 1.29 is 53.8 Å². The van der Waals surface area contributed by atoms with Gasteiger partial charge in [0, 0.05) is 25.7 Å². The molecule has 10 atom stereocenters. The molecular weight excluding hydrogens is 548 g/mol. The van der Waals surface area contributed by atoms with Gasteiger partial charge in [-0.2, -0.15) is 0 Å². The Bertz CT molecular complexity index is 1300. The normalized spacial score (nSPS) is 41.0. The van der Waals surface area contributed by atoms with Gasteiger partial charge < -0.3 is 39.4 Å². The second-order valence-corrected chi connectivity index (χ2v) is 13.0. The van der Waals surface area contributed by atoms with Crippen LogP contribution in [0.4, 0.5) is 0 Å². The first kappa shape index (κ1) is 30.6. The topological polar surface area (TPSA) is 169 Å². The van der Waals surface area contributed by atoms with E-state index in [0.717, 1.165) is 0 Å². The third-order valence-electron chi connectivity index (χ3n) is 10.3. The maximum absolute atomic E-state index is 13.5. The minimum atomic E-state index is -1.76. The summed E-state index contributed by atoms with van der Waals surface area (Å²) in [5.41, 5.74) is -5.78. The first-order valence-corrected chi connectivity index (χ1v) is 14.2. The Balaban J connectivity index is 1.83. The van der Waals surface area contributed by atoms with Crippen molar-refractivity contribution in [1.82, 2.24) is 0 Å². The van der Waals surface area contributed by atoms with E-state index in [1.807, 2.05) is 0 Å². The van der Waals surface area contributed by atoms with E-state index in [2.05, 4.69) is 0 Å². The Hall–Kier alpha value is -2.83. The van der Waals surface area contributed by atoms with Crippen molar-refractivity contribution in [3.8, 4) is 0 Å². The molecule has 11 nitrogen and oxygen atoms in total. The molecule has 11 heteroatoms. The molecule has 1 saturated heterocycles.